The maximum absolute atomic E-state index is 12.9. The van der Waals surface area contributed by atoms with Crippen molar-refractivity contribution in [3.8, 4) is 0 Å². The van der Waals surface area contributed by atoms with E-state index in [1.807, 2.05) is 12.1 Å². The summed E-state index contributed by atoms with van der Waals surface area (Å²) in [6.07, 6.45) is 5.66. The van der Waals surface area contributed by atoms with Crippen LogP contribution in [0.2, 0.25) is 0 Å². The Morgan fingerprint density at radius 2 is 1.93 bits per heavy atom. The lowest BCUT2D eigenvalue weighted by molar-refractivity contribution is 0.557. The quantitative estimate of drug-likeness (QED) is 0.510. The van der Waals surface area contributed by atoms with Crippen molar-refractivity contribution in [3.63, 3.8) is 0 Å². The molecule has 3 heterocycles. The zero-order valence-corrected chi connectivity index (χ0v) is 15.8. The summed E-state index contributed by atoms with van der Waals surface area (Å²) in [5.41, 5.74) is 3.51. The lowest BCUT2D eigenvalue weighted by atomic mass is 10.0. The zero-order valence-electron chi connectivity index (χ0n) is 14.9. The molecule has 0 saturated carbocycles. The standard InChI is InChI=1S/C21H18N2O3S/c1-2-15-9-17-20(27-15)22-11-23(21(17)25)10-14-8-19(24)26-18-7-13-5-3-4-12(13)6-16(14)18/h6-9,11H,2-5,10H2,1H3. The van der Waals surface area contributed by atoms with Gasteiger partial charge in [0.25, 0.3) is 5.56 Å². The molecule has 0 fully saturated rings. The van der Waals surface area contributed by atoms with Gasteiger partial charge in [0.15, 0.2) is 0 Å². The highest BCUT2D eigenvalue weighted by Gasteiger charge is 2.16. The molecule has 5 nitrogen and oxygen atoms in total. The van der Waals surface area contributed by atoms with Crippen LogP contribution in [0.5, 0.6) is 0 Å². The predicted octanol–water partition coefficient (Wildman–Crippen LogP) is 3.66. The van der Waals surface area contributed by atoms with Crippen LogP contribution in [0.25, 0.3) is 21.2 Å². The minimum Gasteiger partial charge on any atom is -0.423 e. The third kappa shape index (κ3) is 2.72. The van der Waals surface area contributed by atoms with Gasteiger partial charge in [0.1, 0.15) is 10.4 Å². The summed E-state index contributed by atoms with van der Waals surface area (Å²) in [6, 6.07) is 7.52. The number of hydrogen-bond acceptors (Lipinski definition) is 5. The summed E-state index contributed by atoms with van der Waals surface area (Å²) in [4.78, 5) is 31.3. The molecule has 0 N–H and O–H groups in total. The van der Waals surface area contributed by atoms with Gasteiger partial charge in [-0.15, -0.1) is 11.3 Å². The summed E-state index contributed by atoms with van der Waals surface area (Å²) >= 11 is 1.56. The van der Waals surface area contributed by atoms with Crippen molar-refractivity contribution in [3.05, 3.63) is 72.9 Å². The maximum Gasteiger partial charge on any atom is 0.336 e. The van der Waals surface area contributed by atoms with E-state index in [9.17, 15) is 9.59 Å². The molecule has 0 radical (unpaired) electrons. The van der Waals surface area contributed by atoms with Gasteiger partial charge >= 0.3 is 5.63 Å². The number of rotatable bonds is 3. The van der Waals surface area contributed by atoms with Crippen LogP contribution in [0, 0.1) is 0 Å². The van der Waals surface area contributed by atoms with Crippen LogP contribution in [0.15, 0.2) is 44.6 Å². The monoisotopic (exact) mass is 378 g/mol. The Hall–Kier alpha value is -2.73. The van der Waals surface area contributed by atoms with Crippen molar-refractivity contribution in [2.45, 2.75) is 39.2 Å². The van der Waals surface area contributed by atoms with Crippen LogP contribution < -0.4 is 11.2 Å². The first-order chi connectivity index (χ1) is 13.1. The van der Waals surface area contributed by atoms with Crippen molar-refractivity contribution < 1.29 is 4.42 Å². The molecule has 1 aliphatic rings. The molecular weight excluding hydrogens is 360 g/mol. The first-order valence-electron chi connectivity index (χ1n) is 9.19. The molecule has 136 valence electrons. The highest BCUT2D eigenvalue weighted by atomic mass is 32.1. The molecule has 27 heavy (non-hydrogen) atoms. The predicted molar refractivity (Wildman–Crippen MR) is 107 cm³/mol. The Labute approximate surface area is 158 Å². The van der Waals surface area contributed by atoms with E-state index in [-0.39, 0.29) is 11.2 Å². The van der Waals surface area contributed by atoms with E-state index in [0.29, 0.717) is 17.5 Å². The molecule has 0 bridgehead atoms. The number of benzene rings is 1. The van der Waals surface area contributed by atoms with Gasteiger partial charge in [0, 0.05) is 16.3 Å². The third-order valence-corrected chi connectivity index (χ3v) is 6.49. The van der Waals surface area contributed by atoms with E-state index < -0.39 is 0 Å². The van der Waals surface area contributed by atoms with E-state index >= 15 is 0 Å². The molecule has 0 aliphatic heterocycles. The summed E-state index contributed by atoms with van der Waals surface area (Å²) < 4.78 is 7.01. The Morgan fingerprint density at radius 1 is 1.11 bits per heavy atom. The molecule has 0 amide bonds. The van der Waals surface area contributed by atoms with Crippen molar-refractivity contribution in [1.29, 1.82) is 0 Å². The molecule has 1 aromatic carbocycles. The number of aryl methyl sites for hydroxylation is 3. The Bertz CT molecular complexity index is 1310. The fourth-order valence-electron chi connectivity index (χ4n) is 3.91. The summed E-state index contributed by atoms with van der Waals surface area (Å²) in [5, 5.41) is 1.55. The van der Waals surface area contributed by atoms with E-state index in [2.05, 4.69) is 18.0 Å². The number of nitrogens with zero attached hydrogens (tertiary/aromatic N) is 2. The smallest absolute Gasteiger partial charge is 0.336 e. The molecule has 0 atom stereocenters. The topological polar surface area (TPSA) is 65.1 Å². The summed E-state index contributed by atoms with van der Waals surface area (Å²) in [7, 11) is 0. The van der Waals surface area contributed by atoms with Crippen LogP contribution in [0.3, 0.4) is 0 Å². The van der Waals surface area contributed by atoms with Crippen LogP contribution >= 0.6 is 11.3 Å². The van der Waals surface area contributed by atoms with Crippen LogP contribution in [0.1, 0.15) is 34.9 Å². The number of fused-ring (bicyclic) bond motifs is 3. The SMILES string of the molecule is CCc1cc2c(=O)n(Cc3cc(=O)oc4cc5c(cc34)CCC5)cnc2s1. The highest BCUT2D eigenvalue weighted by Crippen LogP contribution is 2.29. The lowest BCUT2D eigenvalue weighted by Crippen LogP contribution is -2.21. The van der Waals surface area contributed by atoms with Gasteiger partial charge in [-0.25, -0.2) is 9.78 Å². The molecule has 3 aromatic heterocycles. The minimum absolute atomic E-state index is 0.0708. The van der Waals surface area contributed by atoms with Gasteiger partial charge < -0.3 is 4.42 Å². The van der Waals surface area contributed by atoms with Crippen molar-refractivity contribution in [2.24, 2.45) is 0 Å². The maximum atomic E-state index is 12.9. The van der Waals surface area contributed by atoms with Crippen molar-refractivity contribution in [1.82, 2.24) is 9.55 Å². The lowest BCUT2D eigenvalue weighted by Gasteiger charge is -2.09. The Morgan fingerprint density at radius 3 is 2.74 bits per heavy atom. The zero-order chi connectivity index (χ0) is 18.5. The van der Waals surface area contributed by atoms with Gasteiger partial charge in [-0.05, 0) is 60.6 Å². The first-order valence-corrected chi connectivity index (χ1v) is 10.0. The molecule has 4 aromatic rings. The number of hydrogen-bond donors (Lipinski definition) is 0. The molecule has 0 saturated heterocycles. The average Bonchev–Trinajstić information content (AvgIpc) is 3.28. The Balaban J connectivity index is 1.66. The second kappa shape index (κ2) is 6.16. The van der Waals surface area contributed by atoms with Crippen molar-refractivity contribution in [2.75, 3.05) is 0 Å². The van der Waals surface area contributed by atoms with Gasteiger partial charge in [-0.3, -0.25) is 9.36 Å². The van der Waals surface area contributed by atoms with Gasteiger partial charge in [0.05, 0.1) is 18.3 Å². The fraction of sp³-hybridized carbons (Fsp3) is 0.286. The molecule has 1 aliphatic carbocycles. The summed E-state index contributed by atoms with van der Waals surface area (Å²) in [6.45, 7) is 2.37. The molecule has 6 heteroatoms. The van der Waals surface area contributed by atoms with Crippen LogP contribution in [-0.4, -0.2) is 9.55 Å². The molecule has 5 rings (SSSR count). The average molecular weight is 378 g/mol. The second-order valence-corrected chi connectivity index (χ2v) is 8.14. The number of thiophene rings is 1. The van der Waals surface area contributed by atoms with Crippen LogP contribution in [-0.2, 0) is 25.8 Å². The van der Waals surface area contributed by atoms with E-state index in [1.54, 1.807) is 22.2 Å². The number of aromatic nitrogens is 2. The largest absolute Gasteiger partial charge is 0.423 e. The first kappa shape index (κ1) is 16.4. The van der Waals surface area contributed by atoms with E-state index in [0.717, 1.165) is 46.3 Å². The van der Waals surface area contributed by atoms with Crippen LogP contribution in [0.4, 0.5) is 0 Å². The minimum atomic E-state index is -0.388. The van der Waals surface area contributed by atoms with Crippen molar-refractivity contribution >= 4 is 32.5 Å². The second-order valence-electron chi connectivity index (χ2n) is 7.02. The molecule has 0 spiro atoms. The van der Waals surface area contributed by atoms with Gasteiger partial charge in [0.2, 0.25) is 0 Å². The molecular formula is C21H18N2O3S. The molecule has 0 unspecified atom stereocenters. The Kier molecular flexibility index (Phi) is 3.75. The fourth-order valence-corrected chi connectivity index (χ4v) is 4.83. The highest BCUT2D eigenvalue weighted by molar-refractivity contribution is 7.18. The van der Waals surface area contributed by atoms with Gasteiger partial charge in [-0.1, -0.05) is 6.92 Å². The van der Waals surface area contributed by atoms with E-state index in [1.165, 1.54) is 17.2 Å². The van der Waals surface area contributed by atoms with E-state index in [4.69, 9.17) is 4.42 Å². The van der Waals surface area contributed by atoms with Gasteiger partial charge in [-0.2, -0.15) is 0 Å². The normalized spacial score (nSPS) is 13.5. The third-order valence-electron chi connectivity index (χ3n) is 5.30. The summed E-state index contributed by atoms with van der Waals surface area (Å²) in [5.74, 6) is 0.